The summed E-state index contributed by atoms with van der Waals surface area (Å²) in [4.78, 5) is 0. The topological polar surface area (TPSA) is 46.2 Å². The van der Waals surface area contributed by atoms with E-state index in [1.165, 1.54) is 9.13 Å². The molecule has 118 valence electrons. The lowest BCUT2D eigenvalue weighted by Crippen LogP contribution is -2.48. The summed E-state index contributed by atoms with van der Waals surface area (Å²) in [5, 5.41) is 3.25. The molecule has 1 fully saturated rings. The molecule has 0 radical (unpaired) electrons. The largest absolute Gasteiger partial charge is 0.312 e. The maximum atomic E-state index is 12.4. The first-order valence-corrected chi connectivity index (χ1v) is 10.5. The third-order valence-electron chi connectivity index (χ3n) is 4.10. The average Bonchev–Trinajstić information content (AvgIpc) is 2.45. The molecule has 1 aliphatic heterocycles. The molecule has 1 aromatic rings. The fraction of sp³-hybridized carbons (Fsp3) is 0.625. The van der Waals surface area contributed by atoms with Gasteiger partial charge in [-0.2, -0.15) is 0 Å². The highest BCUT2D eigenvalue weighted by Gasteiger charge is 2.35. The molecule has 21 heavy (non-hydrogen) atoms. The van der Waals surface area contributed by atoms with Crippen molar-refractivity contribution in [3.8, 4) is 0 Å². The molecule has 0 amide bonds. The lowest BCUT2D eigenvalue weighted by molar-refractivity contribution is 0.433. The van der Waals surface area contributed by atoms with E-state index in [-0.39, 0.29) is 11.3 Å². The van der Waals surface area contributed by atoms with Crippen molar-refractivity contribution < 1.29 is 8.42 Å². The Bertz CT molecular complexity index is 542. The Balaban J connectivity index is 2.15. The Morgan fingerprint density at radius 3 is 2.62 bits per heavy atom. The molecule has 0 bridgehead atoms. The van der Waals surface area contributed by atoms with Crippen LogP contribution in [0.25, 0.3) is 0 Å². The molecule has 0 aromatic heterocycles. The zero-order chi connectivity index (χ0) is 15.3. The zero-order valence-electron chi connectivity index (χ0n) is 12.5. The van der Waals surface area contributed by atoms with Crippen molar-refractivity contribution in [1.82, 2.24) is 5.32 Å². The smallest absolute Gasteiger partial charge is 0.154 e. The normalized spacial score (nSPS) is 22.9. The Labute approximate surface area is 142 Å². The summed E-state index contributed by atoms with van der Waals surface area (Å²) >= 11 is 2.29. The van der Waals surface area contributed by atoms with E-state index in [1.54, 1.807) is 0 Å². The van der Waals surface area contributed by atoms with Crippen LogP contribution in [0.4, 0.5) is 0 Å². The first kappa shape index (κ1) is 17.2. The summed E-state index contributed by atoms with van der Waals surface area (Å²) in [5.41, 5.74) is 1.21. The Morgan fingerprint density at radius 1 is 1.29 bits per heavy atom. The zero-order valence-corrected chi connectivity index (χ0v) is 15.5. The molecular formula is C16H24INO2S. The highest BCUT2D eigenvalue weighted by Crippen LogP contribution is 2.24. The van der Waals surface area contributed by atoms with Crippen LogP contribution in [0.15, 0.2) is 24.3 Å². The van der Waals surface area contributed by atoms with Crippen molar-refractivity contribution in [2.45, 2.75) is 50.3 Å². The van der Waals surface area contributed by atoms with Gasteiger partial charge in [0.15, 0.2) is 9.84 Å². The molecule has 1 aromatic carbocycles. The van der Waals surface area contributed by atoms with Gasteiger partial charge < -0.3 is 5.32 Å². The van der Waals surface area contributed by atoms with E-state index in [0.717, 1.165) is 38.6 Å². The predicted octanol–water partition coefficient (Wildman–Crippen LogP) is 3.17. The van der Waals surface area contributed by atoms with Crippen LogP contribution in [0.3, 0.4) is 0 Å². The maximum absolute atomic E-state index is 12.4. The number of sulfone groups is 1. The first-order valence-electron chi connectivity index (χ1n) is 7.72. The fourth-order valence-corrected chi connectivity index (χ4v) is 5.46. The van der Waals surface area contributed by atoms with E-state index in [9.17, 15) is 8.42 Å². The number of benzene rings is 1. The van der Waals surface area contributed by atoms with Crippen LogP contribution in [0.2, 0.25) is 0 Å². The third-order valence-corrected chi connectivity index (χ3v) is 7.17. The number of nitrogens with one attached hydrogen (secondary N) is 1. The molecule has 2 rings (SSSR count). The van der Waals surface area contributed by atoms with Gasteiger partial charge in [-0.1, -0.05) is 25.5 Å². The lowest BCUT2D eigenvalue weighted by atomic mass is 9.99. The molecule has 1 aliphatic rings. The van der Waals surface area contributed by atoms with Crippen LogP contribution in [-0.4, -0.2) is 32.0 Å². The summed E-state index contributed by atoms with van der Waals surface area (Å²) in [6.07, 6.45) is 4.47. The fourth-order valence-electron chi connectivity index (χ4n) is 2.97. The Morgan fingerprint density at radius 2 is 2.00 bits per heavy atom. The molecule has 0 saturated carbocycles. The minimum absolute atomic E-state index is 0.0373. The van der Waals surface area contributed by atoms with E-state index in [1.807, 2.05) is 0 Å². The van der Waals surface area contributed by atoms with Gasteiger partial charge in [0.25, 0.3) is 0 Å². The Hall–Kier alpha value is -0.140. The Kier molecular flexibility index (Phi) is 6.50. The number of rotatable bonds is 6. The highest BCUT2D eigenvalue weighted by molar-refractivity contribution is 14.1. The van der Waals surface area contributed by atoms with Gasteiger partial charge in [0.1, 0.15) is 0 Å². The monoisotopic (exact) mass is 421 g/mol. The summed E-state index contributed by atoms with van der Waals surface area (Å²) < 4.78 is 26.0. The van der Waals surface area contributed by atoms with Crippen molar-refractivity contribution in [1.29, 1.82) is 0 Å². The molecule has 1 N–H and O–H groups in total. The van der Waals surface area contributed by atoms with Gasteiger partial charge in [0.05, 0.1) is 11.0 Å². The minimum atomic E-state index is -2.95. The molecule has 5 heteroatoms. The average molecular weight is 421 g/mol. The summed E-state index contributed by atoms with van der Waals surface area (Å²) in [6, 6.07) is 8.43. The van der Waals surface area contributed by atoms with E-state index in [0.29, 0.717) is 5.75 Å². The number of halogens is 1. The highest BCUT2D eigenvalue weighted by atomic mass is 127. The molecule has 2 atom stereocenters. The van der Waals surface area contributed by atoms with Crippen LogP contribution in [0.5, 0.6) is 0 Å². The van der Waals surface area contributed by atoms with Crippen LogP contribution in [-0.2, 0) is 16.3 Å². The molecule has 0 spiro atoms. The van der Waals surface area contributed by atoms with Gasteiger partial charge >= 0.3 is 0 Å². The molecule has 0 aliphatic carbocycles. The van der Waals surface area contributed by atoms with E-state index < -0.39 is 9.84 Å². The van der Waals surface area contributed by atoms with E-state index >= 15 is 0 Å². The minimum Gasteiger partial charge on any atom is -0.312 e. The van der Waals surface area contributed by atoms with Gasteiger partial charge in [-0.05, 0) is 72.5 Å². The molecule has 2 unspecified atom stereocenters. The quantitative estimate of drug-likeness (QED) is 0.718. The second-order valence-corrected chi connectivity index (χ2v) is 9.38. The van der Waals surface area contributed by atoms with Crippen molar-refractivity contribution in [2.24, 2.45) is 0 Å². The van der Waals surface area contributed by atoms with Gasteiger partial charge in [-0.3, -0.25) is 0 Å². The SMILES string of the molecule is CCCNC(Cc1ccc(I)cc1)C1CCCCS1(=O)=O. The second kappa shape index (κ2) is 7.92. The number of hydrogen-bond acceptors (Lipinski definition) is 3. The second-order valence-electron chi connectivity index (χ2n) is 5.79. The first-order chi connectivity index (χ1) is 10.0. The maximum Gasteiger partial charge on any atom is 0.154 e. The van der Waals surface area contributed by atoms with Crippen molar-refractivity contribution >= 4 is 32.4 Å². The van der Waals surface area contributed by atoms with Crippen molar-refractivity contribution in [2.75, 3.05) is 12.3 Å². The van der Waals surface area contributed by atoms with Gasteiger partial charge in [-0.15, -0.1) is 0 Å². The van der Waals surface area contributed by atoms with Crippen LogP contribution < -0.4 is 5.32 Å². The van der Waals surface area contributed by atoms with Crippen molar-refractivity contribution in [3.05, 3.63) is 33.4 Å². The molecule has 3 nitrogen and oxygen atoms in total. The predicted molar refractivity (Wildman–Crippen MR) is 96.4 cm³/mol. The van der Waals surface area contributed by atoms with Crippen LogP contribution in [0.1, 0.15) is 38.2 Å². The standard InChI is InChI=1S/C16H24INO2S/c1-2-10-18-15(12-13-6-8-14(17)9-7-13)16-5-3-4-11-21(16,19)20/h6-9,15-16,18H,2-5,10-12H2,1H3. The van der Waals surface area contributed by atoms with Crippen molar-refractivity contribution in [3.63, 3.8) is 0 Å². The summed E-state index contributed by atoms with van der Waals surface area (Å²) in [7, 11) is -2.95. The lowest BCUT2D eigenvalue weighted by Gasteiger charge is -2.31. The summed E-state index contributed by atoms with van der Waals surface area (Å²) in [6.45, 7) is 2.99. The summed E-state index contributed by atoms with van der Waals surface area (Å²) in [5.74, 6) is 0.356. The van der Waals surface area contributed by atoms with Crippen LogP contribution >= 0.6 is 22.6 Å². The van der Waals surface area contributed by atoms with Crippen LogP contribution in [0, 0.1) is 3.57 Å². The molecular weight excluding hydrogens is 397 g/mol. The molecule has 1 saturated heterocycles. The van der Waals surface area contributed by atoms with Gasteiger partial charge in [0.2, 0.25) is 0 Å². The third kappa shape index (κ3) is 4.93. The van der Waals surface area contributed by atoms with Gasteiger partial charge in [-0.25, -0.2) is 8.42 Å². The molecule has 1 heterocycles. The van der Waals surface area contributed by atoms with Gasteiger partial charge in [0, 0.05) is 9.61 Å². The van der Waals surface area contributed by atoms with E-state index in [2.05, 4.69) is 59.1 Å². The number of hydrogen-bond donors (Lipinski definition) is 1. The van der Waals surface area contributed by atoms with E-state index in [4.69, 9.17) is 0 Å².